The number of likely N-dealkylation sites (tertiary alicyclic amines) is 1. The quantitative estimate of drug-likeness (QED) is 0.571. The summed E-state index contributed by atoms with van der Waals surface area (Å²) < 4.78 is 6.71. The lowest BCUT2D eigenvalue weighted by molar-refractivity contribution is 0.0535. The van der Waals surface area contributed by atoms with Crippen molar-refractivity contribution < 1.29 is 14.6 Å². The molecule has 0 aliphatic carbocycles. The maximum absolute atomic E-state index is 11.6. The summed E-state index contributed by atoms with van der Waals surface area (Å²) in [7, 11) is 0. The number of tetrazole rings is 1. The van der Waals surface area contributed by atoms with Gasteiger partial charge in [0.1, 0.15) is 12.9 Å². The zero-order valence-electron chi connectivity index (χ0n) is 17.9. The number of carbonyl (C=O) groups is 1. The second-order valence-electron chi connectivity index (χ2n) is 8.69. The van der Waals surface area contributed by atoms with Crippen LogP contribution < -0.4 is 0 Å². The summed E-state index contributed by atoms with van der Waals surface area (Å²) in [5, 5.41) is 22.0. The lowest BCUT2D eigenvalue weighted by Crippen LogP contribution is -2.39. The van der Waals surface area contributed by atoms with Gasteiger partial charge in [0.05, 0.1) is 17.4 Å². The fourth-order valence-electron chi connectivity index (χ4n) is 4.66. The van der Waals surface area contributed by atoms with E-state index in [0.29, 0.717) is 24.5 Å². The van der Waals surface area contributed by atoms with E-state index >= 15 is 0 Å². The van der Waals surface area contributed by atoms with Gasteiger partial charge in [-0.05, 0) is 84.4 Å². The van der Waals surface area contributed by atoms with Crippen LogP contribution >= 0.6 is 0 Å². The maximum atomic E-state index is 11.6. The second kappa shape index (κ2) is 9.18. The summed E-state index contributed by atoms with van der Waals surface area (Å²) in [5.74, 6) is 0.115. The van der Waals surface area contributed by atoms with E-state index < -0.39 is 0 Å². The molecule has 2 aliphatic rings. The molecule has 5 rings (SSSR count). The molecule has 3 heterocycles. The fourth-order valence-corrected chi connectivity index (χ4v) is 4.66. The van der Waals surface area contributed by atoms with Crippen LogP contribution in [0.15, 0.2) is 48.8 Å². The molecule has 0 bridgehead atoms. The third kappa shape index (κ3) is 4.56. The topological polar surface area (TPSA) is 93.4 Å². The van der Waals surface area contributed by atoms with Gasteiger partial charge in [0.15, 0.2) is 0 Å². The molecule has 1 unspecified atom stereocenters. The molecular weight excluding hydrogens is 406 g/mol. The molecule has 1 fully saturated rings. The van der Waals surface area contributed by atoms with Crippen molar-refractivity contribution in [2.45, 2.75) is 38.4 Å². The first-order valence-corrected chi connectivity index (χ1v) is 11.2. The first kappa shape index (κ1) is 20.8. The predicted molar refractivity (Wildman–Crippen MR) is 117 cm³/mol. The van der Waals surface area contributed by atoms with Gasteiger partial charge < -0.3 is 14.7 Å². The fraction of sp³-hybridized carbons (Fsp3) is 0.417. The third-order valence-corrected chi connectivity index (χ3v) is 6.64. The van der Waals surface area contributed by atoms with Crippen molar-refractivity contribution in [1.29, 1.82) is 0 Å². The van der Waals surface area contributed by atoms with Crippen molar-refractivity contribution in [3.8, 4) is 5.69 Å². The highest BCUT2D eigenvalue weighted by Crippen LogP contribution is 2.25. The van der Waals surface area contributed by atoms with E-state index in [4.69, 9.17) is 4.74 Å². The van der Waals surface area contributed by atoms with Gasteiger partial charge in [-0.2, -0.15) is 0 Å². The van der Waals surface area contributed by atoms with Crippen LogP contribution in [0.2, 0.25) is 0 Å². The van der Waals surface area contributed by atoms with Crippen LogP contribution in [0.5, 0.6) is 0 Å². The van der Waals surface area contributed by atoms with Crippen LogP contribution in [0.3, 0.4) is 0 Å². The normalized spacial score (nSPS) is 17.8. The molecule has 0 saturated carbocycles. The number of aliphatic hydroxyl groups excluding tert-OH is 1. The molecule has 1 atom stereocenters. The van der Waals surface area contributed by atoms with Crippen molar-refractivity contribution in [2.75, 3.05) is 19.6 Å². The van der Waals surface area contributed by atoms with E-state index in [9.17, 15) is 9.90 Å². The Bertz CT molecular complexity index is 1060. The van der Waals surface area contributed by atoms with Gasteiger partial charge in [-0.3, -0.25) is 0 Å². The van der Waals surface area contributed by atoms with Crippen molar-refractivity contribution in [3.05, 3.63) is 71.0 Å². The van der Waals surface area contributed by atoms with Gasteiger partial charge in [-0.15, -0.1) is 5.10 Å². The number of fused-ring (bicyclic) bond motifs is 1. The Kier molecular flexibility index (Phi) is 5.96. The predicted octanol–water partition coefficient (Wildman–Crippen LogP) is 2.19. The molecule has 8 heteroatoms. The van der Waals surface area contributed by atoms with E-state index in [1.807, 2.05) is 36.4 Å². The molecule has 2 aliphatic heterocycles. The minimum absolute atomic E-state index is 0.212. The second-order valence-corrected chi connectivity index (χ2v) is 8.69. The molecule has 1 saturated heterocycles. The number of hydrogen-bond donors (Lipinski definition) is 1. The van der Waals surface area contributed by atoms with Crippen LogP contribution in [0, 0.1) is 5.92 Å². The molecule has 8 nitrogen and oxygen atoms in total. The monoisotopic (exact) mass is 433 g/mol. The van der Waals surface area contributed by atoms with Gasteiger partial charge in [0.25, 0.3) is 0 Å². The zero-order chi connectivity index (χ0) is 21.9. The molecule has 3 aromatic rings. The summed E-state index contributed by atoms with van der Waals surface area (Å²) in [4.78, 5) is 14.1. The highest BCUT2D eigenvalue weighted by Gasteiger charge is 2.26. The Morgan fingerprint density at radius 1 is 1.09 bits per heavy atom. The number of cyclic esters (lactones) is 1. The van der Waals surface area contributed by atoms with Gasteiger partial charge >= 0.3 is 5.97 Å². The minimum Gasteiger partial charge on any atom is -0.457 e. The first-order chi connectivity index (χ1) is 15.7. The van der Waals surface area contributed by atoms with Crippen molar-refractivity contribution in [1.82, 2.24) is 25.1 Å². The summed E-state index contributed by atoms with van der Waals surface area (Å²) in [6.07, 6.45) is 4.88. The van der Waals surface area contributed by atoms with Gasteiger partial charge in [0.2, 0.25) is 0 Å². The van der Waals surface area contributed by atoms with E-state index in [0.717, 1.165) is 55.7 Å². The zero-order valence-corrected chi connectivity index (χ0v) is 17.9. The molecule has 166 valence electrons. The largest absolute Gasteiger partial charge is 0.457 e. The highest BCUT2D eigenvalue weighted by molar-refractivity contribution is 5.93. The lowest BCUT2D eigenvalue weighted by atomic mass is 9.88. The molecule has 32 heavy (non-hydrogen) atoms. The van der Waals surface area contributed by atoms with Gasteiger partial charge in [-0.1, -0.05) is 24.3 Å². The number of esters is 1. The summed E-state index contributed by atoms with van der Waals surface area (Å²) in [6.45, 7) is 3.40. The minimum atomic E-state index is -0.328. The van der Waals surface area contributed by atoms with Crippen molar-refractivity contribution >= 4 is 5.97 Å². The van der Waals surface area contributed by atoms with Crippen LogP contribution in [0.25, 0.3) is 5.69 Å². The van der Waals surface area contributed by atoms with E-state index in [2.05, 4.69) is 26.5 Å². The van der Waals surface area contributed by atoms with Gasteiger partial charge in [0, 0.05) is 12.1 Å². The van der Waals surface area contributed by atoms with Crippen LogP contribution in [0.4, 0.5) is 0 Å². The number of piperidine rings is 1. The molecule has 1 N–H and O–H groups in total. The van der Waals surface area contributed by atoms with Crippen molar-refractivity contribution in [2.24, 2.45) is 5.92 Å². The Labute approximate surface area is 186 Å². The number of benzene rings is 2. The SMILES string of the molecule is O=C1OCc2cc(CCN3CCC(C(O)Cc4ccc(-n5cnnn5)cc4)CC3)ccc21. The number of ether oxygens (including phenoxy) is 1. The summed E-state index contributed by atoms with van der Waals surface area (Å²) in [6, 6.07) is 14.0. The molecule has 0 radical (unpaired) electrons. The van der Waals surface area contributed by atoms with E-state index in [1.165, 1.54) is 5.56 Å². The molecule has 0 spiro atoms. The molecule has 2 aromatic carbocycles. The highest BCUT2D eigenvalue weighted by atomic mass is 16.5. The van der Waals surface area contributed by atoms with E-state index in [-0.39, 0.29) is 12.1 Å². The number of aliphatic hydroxyl groups is 1. The average molecular weight is 434 g/mol. The third-order valence-electron chi connectivity index (χ3n) is 6.64. The number of aromatic nitrogens is 4. The Balaban J connectivity index is 1.08. The standard InChI is InChI=1S/C24H27N5O3/c30-23(14-17-1-4-21(5-2-17)29-16-25-26-27-29)19-8-11-28(12-9-19)10-7-18-3-6-22-20(13-18)15-32-24(22)31/h1-6,13,16,19,23,30H,7-12,14-15H2. The van der Waals surface area contributed by atoms with Crippen LogP contribution in [-0.4, -0.2) is 61.9 Å². The molecule has 0 amide bonds. The smallest absolute Gasteiger partial charge is 0.338 e. The Morgan fingerprint density at radius 3 is 2.62 bits per heavy atom. The maximum Gasteiger partial charge on any atom is 0.338 e. The number of nitrogens with zero attached hydrogens (tertiary/aromatic N) is 5. The molecule has 1 aromatic heterocycles. The summed E-state index contributed by atoms with van der Waals surface area (Å²) in [5.41, 5.74) is 4.98. The lowest BCUT2D eigenvalue weighted by Gasteiger charge is -2.34. The average Bonchev–Trinajstić information content (AvgIpc) is 3.49. The number of rotatable bonds is 7. The Morgan fingerprint density at radius 2 is 1.88 bits per heavy atom. The summed E-state index contributed by atoms with van der Waals surface area (Å²) >= 11 is 0. The van der Waals surface area contributed by atoms with Crippen LogP contribution in [0.1, 0.15) is 39.9 Å². The number of carbonyl (C=O) groups excluding carboxylic acids is 1. The van der Waals surface area contributed by atoms with Crippen LogP contribution in [-0.2, 0) is 24.2 Å². The Hall–Kier alpha value is -3.10. The van der Waals surface area contributed by atoms with Crippen molar-refractivity contribution in [3.63, 3.8) is 0 Å². The van der Waals surface area contributed by atoms with Gasteiger partial charge in [-0.25, -0.2) is 9.48 Å². The van der Waals surface area contributed by atoms with E-state index in [1.54, 1.807) is 11.0 Å². The molecular formula is C24H27N5O3. The number of hydrogen-bond acceptors (Lipinski definition) is 7. The first-order valence-electron chi connectivity index (χ1n) is 11.2.